The summed E-state index contributed by atoms with van der Waals surface area (Å²) in [6.45, 7) is 0. The summed E-state index contributed by atoms with van der Waals surface area (Å²) < 4.78 is 4.78. The first-order valence-electron chi connectivity index (χ1n) is 21.1. The van der Waals surface area contributed by atoms with E-state index in [4.69, 9.17) is 9.97 Å². The molecule has 0 aliphatic carbocycles. The van der Waals surface area contributed by atoms with E-state index >= 15 is 0 Å². The molecule has 3 heterocycles. The summed E-state index contributed by atoms with van der Waals surface area (Å²) in [5, 5.41) is 4.93. The number of rotatable bonds is 7. The van der Waals surface area contributed by atoms with E-state index in [1.165, 1.54) is 54.8 Å². The highest BCUT2D eigenvalue weighted by Crippen LogP contribution is 2.41. The van der Waals surface area contributed by atoms with Gasteiger partial charge in [0, 0.05) is 49.6 Å². The van der Waals surface area contributed by atoms with Gasteiger partial charge in [0.15, 0.2) is 5.82 Å². The van der Waals surface area contributed by atoms with Crippen molar-refractivity contribution in [1.29, 1.82) is 0 Å². The SMILES string of the molecule is c1ccc(-c2cc(-c3ccccc3)nc(-c3ccc(-c4cccc5c4c4ccccc4n5-c4cccc(-c5ccc6c(c5)c5ccccc5n6-c5ccccc5)c4)cc3)n2)cc1. The number of aromatic nitrogens is 4. The molecule has 0 unspecified atom stereocenters. The number of benzene rings is 9. The highest BCUT2D eigenvalue weighted by atomic mass is 15.0. The average molecular weight is 791 g/mol. The van der Waals surface area contributed by atoms with Gasteiger partial charge in [0.25, 0.3) is 0 Å². The standard InChI is InChI=1S/C58H38N4/c1-4-16-40(17-5-1)51-38-52(41-18-6-2-7-19-41)60-58(59-51)42-32-30-39(31-33-42)47-26-15-29-56-57(47)49-25-11-13-28-54(49)62(56)46-23-14-20-43(36-46)44-34-35-55-50(37-44)48-24-10-12-27-53(48)61(55)45-21-8-3-9-22-45/h1-38H. The Kier molecular flexibility index (Phi) is 8.46. The van der Waals surface area contributed by atoms with Crippen LogP contribution in [-0.2, 0) is 0 Å². The summed E-state index contributed by atoms with van der Waals surface area (Å²) in [6, 6.07) is 82.1. The average Bonchev–Trinajstić information content (AvgIpc) is 3.88. The lowest BCUT2D eigenvalue weighted by Crippen LogP contribution is -1.96. The van der Waals surface area contributed by atoms with E-state index in [-0.39, 0.29) is 0 Å². The molecule has 3 aromatic heterocycles. The summed E-state index contributed by atoms with van der Waals surface area (Å²) in [6.07, 6.45) is 0. The van der Waals surface area contributed by atoms with Crippen LogP contribution in [0.1, 0.15) is 0 Å². The largest absolute Gasteiger partial charge is 0.309 e. The molecule has 0 saturated heterocycles. The van der Waals surface area contributed by atoms with Gasteiger partial charge < -0.3 is 9.13 Å². The molecule has 0 radical (unpaired) electrons. The van der Waals surface area contributed by atoms with Crippen molar-refractivity contribution in [3.05, 3.63) is 231 Å². The Morgan fingerprint density at radius 2 is 0.758 bits per heavy atom. The zero-order chi connectivity index (χ0) is 41.0. The van der Waals surface area contributed by atoms with E-state index in [2.05, 4.69) is 228 Å². The van der Waals surface area contributed by atoms with Crippen molar-refractivity contribution in [3.63, 3.8) is 0 Å². The van der Waals surface area contributed by atoms with Gasteiger partial charge in [0.05, 0.1) is 33.5 Å². The Morgan fingerprint density at radius 3 is 1.47 bits per heavy atom. The third kappa shape index (κ3) is 6.00. The molecule has 0 N–H and O–H groups in total. The smallest absolute Gasteiger partial charge is 0.160 e. The monoisotopic (exact) mass is 790 g/mol. The molecule has 62 heavy (non-hydrogen) atoms. The lowest BCUT2D eigenvalue weighted by atomic mass is 9.98. The number of hydrogen-bond acceptors (Lipinski definition) is 2. The summed E-state index contributed by atoms with van der Waals surface area (Å²) in [4.78, 5) is 10.2. The molecule has 0 amide bonds. The van der Waals surface area contributed by atoms with Crippen molar-refractivity contribution < 1.29 is 0 Å². The Bertz CT molecular complexity index is 3550. The maximum atomic E-state index is 5.08. The minimum atomic E-state index is 0.701. The Labute approximate surface area is 359 Å². The van der Waals surface area contributed by atoms with Crippen LogP contribution in [0.5, 0.6) is 0 Å². The molecule has 4 nitrogen and oxygen atoms in total. The van der Waals surface area contributed by atoms with Crippen molar-refractivity contribution in [2.75, 3.05) is 0 Å². The van der Waals surface area contributed by atoms with Crippen molar-refractivity contribution in [2.24, 2.45) is 0 Å². The minimum absolute atomic E-state index is 0.701. The number of para-hydroxylation sites is 3. The molecule has 0 aliphatic heterocycles. The fraction of sp³-hybridized carbons (Fsp3) is 0. The van der Waals surface area contributed by atoms with E-state index in [0.717, 1.165) is 50.5 Å². The number of fused-ring (bicyclic) bond motifs is 6. The Hall–Kier alpha value is -8.34. The molecule has 9 aromatic carbocycles. The second kappa shape index (κ2) is 14.7. The predicted octanol–water partition coefficient (Wildman–Crippen LogP) is 15.0. The van der Waals surface area contributed by atoms with Gasteiger partial charge >= 0.3 is 0 Å². The van der Waals surface area contributed by atoms with Gasteiger partial charge in [-0.3, -0.25) is 0 Å². The van der Waals surface area contributed by atoms with E-state index in [0.29, 0.717) is 5.82 Å². The Morgan fingerprint density at radius 1 is 0.274 bits per heavy atom. The summed E-state index contributed by atoms with van der Waals surface area (Å²) in [7, 11) is 0. The van der Waals surface area contributed by atoms with Gasteiger partial charge in [-0.2, -0.15) is 0 Å². The Balaban J connectivity index is 0.951. The highest BCUT2D eigenvalue weighted by Gasteiger charge is 2.18. The molecule has 0 spiro atoms. The second-order valence-corrected chi connectivity index (χ2v) is 15.8. The van der Waals surface area contributed by atoms with Crippen LogP contribution in [0.3, 0.4) is 0 Å². The van der Waals surface area contributed by atoms with Gasteiger partial charge in [0.1, 0.15) is 0 Å². The normalized spacial score (nSPS) is 11.5. The minimum Gasteiger partial charge on any atom is -0.309 e. The third-order valence-corrected chi connectivity index (χ3v) is 12.1. The molecular formula is C58H38N4. The summed E-state index contributed by atoms with van der Waals surface area (Å²) in [5.74, 6) is 0.701. The summed E-state index contributed by atoms with van der Waals surface area (Å²) in [5.41, 5.74) is 16.6. The molecule has 0 bridgehead atoms. The van der Waals surface area contributed by atoms with E-state index < -0.39 is 0 Å². The molecule has 0 fully saturated rings. The molecule has 12 rings (SSSR count). The first-order valence-corrected chi connectivity index (χ1v) is 21.1. The molecule has 290 valence electrons. The fourth-order valence-electron chi connectivity index (χ4n) is 9.26. The van der Waals surface area contributed by atoms with Gasteiger partial charge in [-0.05, 0) is 82.9 Å². The van der Waals surface area contributed by atoms with Crippen molar-refractivity contribution in [3.8, 4) is 67.5 Å². The first-order chi connectivity index (χ1) is 30.7. The first kappa shape index (κ1) is 35.6. The highest BCUT2D eigenvalue weighted by molar-refractivity contribution is 6.16. The second-order valence-electron chi connectivity index (χ2n) is 15.8. The van der Waals surface area contributed by atoms with Crippen molar-refractivity contribution in [2.45, 2.75) is 0 Å². The molecule has 4 heteroatoms. The van der Waals surface area contributed by atoms with Crippen LogP contribution in [0.2, 0.25) is 0 Å². The van der Waals surface area contributed by atoms with Crippen LogP contribution in [0.15, 0.2) is 231 Å². The molecule has 0 atom stereocenters. The van der Waals surface area contributed by atoms with Crippen LogP contribution in [0.4, 0.5) is 0 Å². The quantitative estimate of drug-likeness (QED) is 0.161. The van der Waals surface area contributed by atoms with Crippen LogP contribution in [0.25, 0.3) is 111 Å². The number of nitrogens with zero attached hydrogens (tertiary/aromatic N) is 4. The maximum absolute atomic E-state index is 5.08. The van der Waals surface area contributed by atoms with Crippen LogP contribution >= 0.6 is 0 Å². The zero-order valence-corrected chi connectivity index (χ0v) is 33.7. The van der Waals surface area contributed by atoms with Crippen molar-refractivity contribution >= 4 is 43.6 Å². The fourth-order valence-corrected chi connectivity index (χ4v) is 9.26. The number of hydrogen-bond donors (Lipinski definition) is 0. The molecular weight excluding hydrogens is 753 g/mol. The van der Waals surface area contributed by atoms with Crippen LogP contribution < -0.4 is 0 Å². The molecule has 12 aromatic rings. The lowest BCUT2D eigenvalue weighted by Gasteiger charge is -2.12. The van der Waals surface area contributed by atoms with E-state index in [1.807, 2.05) is 12.1 Å². The summed E-state index contributed by atoms with van der Waals surface area (Å²) >= 11 is 0. The van der Waals surface area contributed by atoms with Gasteiger partial charge in [-0.1, -0.05) is 170 Å². The van der Waals surface area contributed by atoms with Crippen molar-refractivity contribution in [1.82, 2.24) is 19.1 Å². The predicted molar refractivity (Wildman–Crippen MR) is 258 cm³/mol. The zero-order valence-electron chi connectivity index (χ0n) is 33.7. The van der Waals surface area contributed by atoms with Crippen LogP contribution in [0, 0.1) is 0 Å². The van der Waals surface area contributed by atoms with E-state index in [1.54, 1.807) is 0 Å². The molecule has 0 saturated carbocycles. The van der Waals surface area contributed by atoms with Crippen LogP contribution in [-0.4, -0.2) is 19.1 Å². The topological polar surface area (TPSA) is 35.6 Å². The van der Waals surface area contributed by atoms with Gasteiger partial charge in [-0.15, -0.1) is 0 Å². The van der Waals surface area contributed by atoms with E-state index in [9.17, 15) is 0 Å². The maximum Gasteiger partial charge on any atom is 0.160 e. The third-order valence-electron chi connectivity index (χ3n) is 12.1. The van der Waals surface area contributed by atoms with Gasteiger partial charge in [0.2, 0.25) is 0 Å². The van der Waals surface area contributed by atoms with Gasteiger partial charge in [-0.25, -0.2) is 9.97 Å². The lowest BCUT2D eigenvalue weighted by molar-refractivity contribution is 1.18. The molecule has 0 aliphatic rings.